The Kier molecular flexibility index (Phi) is 11.3. The molecule has 19 heteroatoms. The molecular weight excluding hydrogens is 865 g/mol. The van der Waals surface area contributed by atoms with Gasteiger partial charge in [0.2, 0.25) is 6.79 Å². The molecule has 0 aromatic heterocycles. The zero-order valence-electron chi connectivity index (χ0n) is 36.5. The van der Waals surface area contributed by atoms with Crippen LogP contribution in [-0.2, 0) is 42.2 Å². The number of benzene rings is 3. The summed E-state index contributed by atoms with van der Waals surface area (Å²) in [5.41, 5.74) is 3.59. The third-order valence-corrected chi connectivity index (χ3v) is 14.6. The van der Waals surface area contributed by atoms with Crippen molar-refractivity contribution < 1.29 is 66.5 Å². The molecule has 0 saturated carbocycles. The number of rotatable bonds is 7. The van der Waals surface area contributed by atoms with E-state index in [0.717, 1.165) is 18.1 Å². The summed E-state index contributed by atoms with van der Waals surface area (Å²) in [4.78, 5) is 58.1. The van der Waals surface area contributed by atoms with Gasteiger partial charge in [-0.05, 0) is 68.1 Å². The molecule has 2 fully saturated rings. The van der Waals surface area contributed by atoms with Crippen LogP contribution in [0.2, 0.25) is 0 Å². The van der Waals surface area contributed by atoms with Crippen molar-refractivity contribution in [2.45, 2.75) is 74.6 Å². The molecule has 3 aromatic rings. The van der Waals surface area contributed by atoms with E-state index in [2.05, 4.69) is 34.3 Å². The number of fused-ring (bicyclic) bond motifs is 9. The van der Waals surface area contributed by atoms with E-state index in [9.17, 15) is 19.6 Å². The topological polar surface area (TPSA) is 203 Å². The van der Waals surface area contributed by atoms with E-state index in [4.69, 9.17) is 47.4 Å². The predicted molar refractivity (Wildman–Crippen MR) is 229 cm³/mol. The number of piperazine rings is 1. The Morgan fingerprint density at radius 3 is 2.35 bits per heavy atom. The number of likely N-dealkylation sites (N-methyl/N-ethyl adjacent to an activating group) is 1. The second-order valence-electron chi connectivity index (χ2n) is 16.3. The Bertz CT molecular complexity index is 2610. The molecule has 18 nitrogen and oxygen atoms in total. The summed E-state index contributed by atoms with van der Waals surface area (Å²) in [5.74, 6) is 0.592. The third-order valence-electron chi connectivity index (χ3n) is 13.1. The first-order valence-electron chi connectivity index (χ1n) is 20.8. The lowest BCUT2D eigenvalue weighted by atomic mass is 9.71. The first kappa shape index (κ1) is 43.8. The zero-order chi connectivity index (χ0) is 46.1. The molecule has 7 atom stereocenters. The molecule has 7 heterocycles. The average Bonchev–Trinajstić information content (AvgIpc) is 3.77. The highest BCUT2D eigenvalue weighted by atomic mass is 32.2. The highest BCUT2D eigenvalue weighted by Gasteiger charge is 2.62. The minimum absolute atomic E-state index is 0.0307. The average molecular weight is 911 g/mol. The quantitative estimate of drug-likeness (QED) is 0.0965. The molecule has 3 aromatic carbocycles. The van der Waals surface area contributed by atoms with Gasteiger partial charge < -0.3 is 47.4 Å². The van der Waals surface area contributed by atoms with Gasteiger partial charge in [-0.15, -0.1) is 11.8 Å². The first-order valence-corrected chi connectivity index (χ1v) is 21.8. The van der Waals surface area contributed by atoms with Crippen molar-refractivity contribution in [3.63, 3.8) is 0 Å². The Balaban J connectivity index is 1.30. The Labute approximate surface area is 378 Å². The number of ether oxygens (including phenoxy) is 10. The number of esters is 2. The first-order chi connectivity index (χ1) is 31.3. The number of aryl methyl sites for hydroxylation is 1. The van der Waals surface area contributed by atoms with Gasteiger partial charge in [0, 0.05) is 53.6 Å². The number of methoxy groups -OCH3 is 2. The Morgan fingerprint density at radius 2 is 1.66 bits per heavy atom. The van der Waals surface area contributed by atoms with Crippen LogP contribution < -0.4 is 38.5 Å². The summed E-state index contributed by atoms with van der Waals surface area (Å²) >= 11 is 1.40. The number of hydrogen-bond donors (Lipinski definition) is 1. The lowest BCUT2D eigenvalue weighted by Crippen LogP contribution is -2.69. The highest BCUT2D eigenvalue weighted by Crippen LogP contribution is 2.65. The van der Waals surface area contributed by atoms with Gasteiger partial charge in [-0.1, -0.05) is 19.2 Å². The van der Waals surface area contributed by atoms with E-state index in [1.54, 1.807) is 19.1 Å². The molecule has 65 heavy (non-hydrogen) atoms. The second kappa shape index (κ2) is 16.8. The van der Waals surface area contributed by atoms with Gasteiger partial charge in [0.1, 0.15) is 18.4 Å². The molecular formula is C46H46N4O14S. The van der Waals surface area contributed by atoms with Crippen LogP contribution in [0.15, 0.2) is 43.9 Å². The lowest BCUT2D eigenvalue weighted by Gasteiger charge is -2.62. The van der Waals surface area contributed by atoms with Crippen molar-refractivity contribution in [1.29, 1.82) is 5.26 Å². The highest BCUT2D eigenvalue weighted by molar-refractivity contribution is 7.99. The number of hydrogen-bond acceptors (Lipinski definition) is 19. The maximum absolute atomic E-state index is 15.1. The summed E-state index contributed by atoms with van der Waals surface area (Å²) in [6, 6.07) is 4.54. The van der Waals surface area contributed by atoms with E-state index >= 15 is 4.79 Å². The van der Waals surface area contributed by atoms with Gasteiger partial charge >= 0.3 is 24.2 Å². The van der Waals surface area contributed by atoms with E-state index in [-0.39, 0.29) is 42.2 Å². The van der Waals surface area contributed by atoms with Crippen molar-refractivity contribution in [1.82, 2.24) is 15.1 Å². The molecule has 4 bridgehead atoms. The fourth-order valence-corrected chi connectivity index (χ4v) is 12.4. The smallest absolute Gasteiger partial charge is 0.493 e. The number of nitriles is 1. The molecule has 0 radical (unpaired) electrons. The van der Waals surface area contributed by atoms with Crippen molar-refractivity contribution in [2.24, 2.45) is 0 Å². The van der Waals surface area contributed by atoms with Gasteiger partial charge in [0.25, 0.3) is 0 Å². The number of thioether (sulfide) groups is 1. The zero-order valence-corrected chi connectivity index (χ0v) is 37.3. The summed E-state index contributed by atoms with van der Waals surface area (Å²) in [7, 11) is 4.84. The summed E-state index contributed by atoms with van der Waals surface area (Å²) in [6.07, 6.45) is 0.711. The predicted octanol–water partition coefficient (Wildman–Crippen LogP) is 5.89. The molecule has 340 valence electrons. The van der Waals surface area contributed by atoms with Crippen LogP contribution >= 0.6 is 11.8 Å². The van der Waals surface area contributed by atoms with Crippen LogP contribution in [0.4, 0.5) is 9.59 Å². The number of carbonyl (C=O) groups excluding carboxylic acids is 4. The number of carbonyl (C=O) groups is 4. The molecule has 2 saturated heterocycles. The third kappa shape index (κ3) is 6.80. The second-order valence-corrected chi connectivity index (χ2v) is 17.5. The van der Waals surface area contributed by atoms with Crippen LogP contribution in [0.25, 0.3) is 0 Å². The molecule has 0 amide bonds. The lowest BCUT2D eigenvalue weighted by molar-refractivity contribution is -0.157. The monoisotopic (exact) mass is 910 g/mol. The standard InChI is InChI=1S/C46H46N4O14S/c1-9-57-44(53)63-31-15-24-11-12-48-46(26(24)16-30(31)55-7)19-65-42-34-33(40-39(60-20-61-40)22(4)38(34)62-23(5)51)29(18-59-43(46)52)50-28(17-47)27-14-25-13-21(3)37(56-8)41(64-45(54)58-10-2)32(25)35(36(42)50)49(27)6/h9-10,13,15-16,27-29,35-36,42,48H,1-2,11-12,14,18-20H2,3-8H3/t27-,28-,29-,35+,36?,42+,46+/m0/s1. The van der Waals surface area contributed by atoms with Crippen molar-refractivity contribution in [3.8, 4) is 46.3 Å². The number of nitrogens with zero attached hydrogens (tertiary/aromatic N) is 3. The fourth-order valence-electron chi connectivity index (χ4n) is 10.7. The summed E-state index contributed by atoms with van der Waals surface area (Å²) in [5, 5.41) is 14.1. The van der Waals surface area contributed by atoms with E-state index in [0.29, 0.717) is 75.6 Å². The van der Waals surface area contributed by atoms with Gasteiger partial charge in [-0.2, -0.15) is 5.26 Å². The van der Waals surface area contributed by atoms with Gasteiger partial charge in [-0.3, -0.25) is 19.9 Å². The van der Waals surface area contributed by atoms with E-state index in [1.807, 2.05) is 20.0 Å². The van der Waals surface area contributed by atoms with E-state index < -0.39 is 65.2 Å². The molecule has 1 unspecified atom stereocenters. The number of nitrogens with one attached hydrogen (secondary N) is 1. The van der Waals surface area contributed by atoms with E-state index in [1.165, 1.54) is 32.9 Å². The minimum atomic E-state index is -1.51. The summed E-state index contributed by atoms with van der Waals surface area (Å²) < 4.78 is 58.1. The van der Waals surface area contributed by atoms with Crippen LogP contribution in [0.5, 0.6) is 40.2 Å². The maximum atomic E-state index is 15.1. The molecule has 1 spiro atoms. The van der Waals surface area contributed by atoms with Crippen LogP contribution in [0.3, 0.4) is 0 Å². The van der Waals surface area contributed by atoms with Crippen LogP contribution in [-0.4, -0.2) is 99.1 Å². The largest absolute Gasteiger partial charge is 0.518 e. The van der Waals surface area contributed by atoms with Crippen LogP contribution in [0, 0.1) is 25.2 Å². The Hall–Kier alpha value is -6.46. The molecule has 0 aliphatic carbocycles. The van der Waals surface area contributed by atoms with Gasteiger partial charge in [-0.25, -0.2) is 14.4 Å². The SMILES string of the molecule is C=COC(=O)Oc1cc2c(cc1OC)[C@@]1(CS[C@@H]3c4c(OC(C)=O)c(C)c5c(c4[C@H](COC1=O)N1C3[C@H]3c4c(cc(C)c(OC)c4OC(=O)OC=C)C[C@@H]([C@@H]1C#N)N3C)OCO5)NCC2. The van der Waals surface area contributed by atoms with Crippen molar-refractivity contribution >= 4 is 36.0 Å². The molecule has 1 N–H and O–H groups in total. The van der Waals surface area contributed by atoms with Crippen molar-refractivity contribution in [3.05, 3.63) is 88.4 Å². The van der Waals surface area contributed by atoms with Crippen molar-refractivity contribution in [2.75, 3.05) is 47.0 Å². The van der Waals surface area contributed by atoms with Gasteiger partial charge in [0.15, 0.2) is 40.0 Å². The molecule has 7 aliphatic rings. The summed E-state index contributed by atoms with van der Waals surface area (Å²) in [6.45, 7) is 11.8. The minimum Gasteiger partial charge on any atom is -0.493 e. The molecule has 10 rings (SSSR count). The van der Waals surface area contributed by atoms with Crippen LogP contribution in [0.1, 0.15) is 68.8 Å². The Morgan fingerprint density at radius 1 is 0.923 bits per heavy atom. The van der Waals surface area contributed by atoms with Gasteiger partial charge in [0.05, 0.1) is 50.1 Å². The maximum Gasteiger partial charge on any atom is 0.518 e. The normalized spacial score (nSPS) is 25.8. The molecule has 7 aliphatic heterocycles. The fraction of sp³-hybridized carbons (Fsp3) is 0.413.